The van der Waals surface area contributed by atoms with Crippen LogP contribution < -0.4 is 4.72 Å². The third-order valence-electron chi connectivity index (χ3n) is 3.35. The first-order chi connectivity index (χ1) is 12.2. The molecule has 2 N–H and O–H groups in total. The Hall–Kier alpha value is -0.930. The van der Waals surface area contributed by atoms with Crippen molar-refractivity contribution in [2.45, 2.75) is 16.2 Å². The van der Waals surface area contributed by atoms with Crippen molar-refractivity contribution in [3.63, 3.8) is 0 Å². The number of phenols is 1. The molecule has 0 bridgehead atoms. The molecule has 9 heteroatoms. The highest BCUT2D eigenvalue weighted by molar-refractivity contribution is 9.10. The van der Waals surface area contributed by atoms with Crippen LogP contribution in [0.25, 0.3) is 0 Å². The first kappa shape index (κ1) is 21.4. The Morgan fingerprint density at radius 3 is 2.65 bits per heavy atom. The summed E-state index contributed by atoms with van der Waals surface area (Å²) in [6.07, 6.45) is 1.01. The molecule has 0 unspecified atom stereocenters. The molecule has 0 radical (unpaired) electrons. The fraction of sp³-hybridized carbons (Fsp3) is 0.294. The van der Waals surface area contributed by atoms with Crippen molar-refractivity contribution in [1.29, 1.82) is 0 Å². The van der Waals surface area contributed by atoms with Gasteiger partial charge in [-0.2, -0.15) is 0 Å². The Morgan fingerprint density at radius 2 is 1.96 bits per heavy atom. The minimum absolute atomic E-state index is 0.202. The van der Waals surface area contributed by atoms with Gasteiger partial charge < -0.3 is 10.0 Å². The molecule has 0 amide bonds. The summed E-state index contributed by atoms with van der Waals surface area (Å²) in [4.78, 5) is 2.79. The molecule has 0 saturated carbocycles. The van der Waals surface area contributed by atoms with E-state index in [1.165, 1.54) is 18.2 Å². The molecule has 0 aliphatic carbocycles. The van der Waals surface area contributed by atoms with E-state index in [9.17, 15) is 13.5 Å². The molecule has 0 aliphatic rings. The summed E-state index contributed by atoms with van der Waals surface area (Å²) in [7, 11) is 0.103. The van der Waals surface area contributed by atoms with Gasteiger partial charge in [0.15, 0.2) is 0 Å². The standard InChI is InChI=1S/C17H20BrClN2O3S2/c1-21(2)6-3-7-25-15-10-13(19)9-14(11-15)20-26(23,24)17-8-12(18)4-5-16(17)22/h4-5,8-11,20,22H,3,6-7H2,1-2H3. The number of benzene rings is 2. The maximum absolute atomic E-state index is 12.6. The molecule has 2 aromatic rings. The quantitative estimate of drug-likeness (QED) is 0.426. The van der Waals surface area contributed by atoms with E-state index in [2.05, 4.69) is 25.6 Å². The predicted octanol–water partition coefficient (Wildman–Crippen LogP) is 4.65. The number of hydrogen-bond acceptors (Lipinski definition) is 5. The van der Waals surface area contributed by atoms with E-state index in [0.29, 0.717) is 15.2 Å². The monoisotopic (exact) mass is 478 g/mol. The van der Waals surface area contributed by atoms with Gasteiger partial charge in [0.2, 0.25) is 0 Å². The number of nitrogens with zero attached hydrogens (tertiary/aromatic N) is 1. The van der Waals surface area contributed by atoms with Gasteiger partial charge in [-0.3, -0.25) is 4.72 Å². The lowest BCUT2D eigenvalue weighted by Crippen LogP contribution is -2.13. The predicted molar refractivity (Wildman–Crippen MR) is 112 cm³/mol. The zero-order chi connectivity index (χ0) is 19.3. The van der Waals surface area contributed by atoms with Gasteiger partial charge >= 0.3 is 0 Å². The molecule has 0 saturated heterocycles. The molecule has 0 heterocycles. The summed E-state index contributed by atoms with van der Waals surface area (Å²) in [6.45, 7) is 0.981. The van der Waals surface area contributed by atoms with Crippen LogP contribution in [0.4, 0.5) is 5.69 Å². The highest BCUT2D eigenvalue weighted by atomic mass is 79.9. The summed E-state index contributed by atoms with van der Waals surface area (Å²) >= 11 is 11.0. The Bertz CT molecular complexity index is 876. The summed E-state index contributed by atoms with van der Waals surface area (Å²) in [6, 6.07) is 9.31. The Labute approximate surface area is 171 Å². The van der Waals surface area contributed by atoms with Crippen LogP contribution in [0.15, 0.2) is 50.7 Å². The fourth-order valence-electron chi connectivity index (χ4n) is 2.19. The van der Waals surface area contributed by atoms with Crippen molar-refractivity contribution in [2.75, 3.05) is 31.1 Å². The van der Waals surface area contributed by atoms with Crippen LogP contribution in [0.2, 0.25) is 5.02 Å². The largest absolute Gasteiger partial charge is 0.507 e. The van der Waals surface area contributed by atoms with E-state index in [0.717, 1.165) is 23.6 Å². The van der Waals surface area contributed by atoms with E-state index < -0.39 is 10.0 Å². The number of halogens is 2. The van der Waals surface area contributed by atoms with Crippen LogP contribution in [0, 0.1) is 0 Å². The molecular formula is C17H20BrClN2O3S2. The summed E-state index contributed by atoms with van der Waals surface area (Å²) < 4.78 is 28.2. The highest BCUT2D eigenvalue weighted by Gasteiger charge is 2.19. The van der Waals surface area contributed by atoms with Crippen LogP contribution in [0.3, 0.4) is 0 Å². The van der Waals surface area contributed by atoms with Crippen molar-refractivity contribution < 1.29 is 13.5 Å². The zero-order valence-corrected chi connectivity index (χ0v) is 18.3. The van der Waals surface area contributed by atoms with E-state index in [-0.39, 0.29) is 10.6 Å². The Morgan fingerprint density at radius 1 is 1.23 bits per heavy atom. The number of anilines is 1. The van der Waals surface area contributed by atoms with E-state index in [4.69, 9.17) is 11.6 Å². The van der Waals surface area contributed by atoms with Crippen molar-refractivity contribution in [3.05, 3.63) is 45.9 Å². The molecule has 2 aromatic carbocycles. The normalized spacial score (nSPS) is 11.7. The maximum Gasteiger partial charge on any atom is 0.265 e. The molecular weight excluding hydrogens is 460 g/mol. The van der Waals surface area contributed by atoms with Gasteiger partial charge in [0, 0.05) is 14.4 Å². The van der Waals surface area contributed by atoms with Crippen LogP contribution in [-0.2, 0) is 10.0 Å². The summed E-state index contributed by atoms with van der Waals surface area (Å²) in [5.74, 6) is 0.581. The van der Waals surface area contributed by atoms with Gasteiger partial charge in [-0.25, -0.2) is 8.42 Å². The highest BCUT2D eigenvalue weighted by Crippen LogP contribution is 2.31. The fourth-order valence-corrected chi connectivity index (χ4v) is 5.09. The molecule has 0 atom stereocenters. The van der Waals surface area contributed by atoms with Crippen LogP contribution in [-0.4, -0.2) is 44.8 Å². The summed E-state index contributed by atoms with van der Waals surface area (Å²) in [5.41, 5.74) is 0.354. The van der Waals surface area contributed by atoms with E-state index in [1.807, 2.05) is 14.1 Å². The molecule has 26 heavy (non-hydrogen) atoms. The van der Waals surface area contributed by atoms with Crippen molar-refractivity contribution in [2.24, 2.45) is 0 Å². The molecule has 0 aliphatic heterocycles. The number of sulfonamides is 1. The first-order valence-corrected chi connectivity index (χ1v) is 11.4. The van der Waals surface area contributed by atoms with Gasteiger partial charge in [-0.1, -0.05) is 27.5 Å². The average molecular weight is 480 g/mol. The lowest BCUT2D eigenvalue weighted by Gasteiger charge is -2.12. The number of nitrogens with one attached hydrogen (secondary N) is 1. The number of hydrogen-bond donors (Lipinski definition) is 2. The van der Waals surface area contributed by atoms with Crippen LogP contribution in [0.5, 0.6) is 5.75 Å². The third-order valence-corrected chi connectivity index (χ3v) is 6.54. The summed E-state index contributed by atoms with van der Waals surface area (Å²) in [5, 5.41) is 10.3. The van der Waals surface area contributed by atoms with E-state index in [1.54, 1.807) is 30.0 Å². The molecule has 0 spiro atoms. The lowest BCUT2D eigenvalue weighted by molar-refractivity contribution is 0.410. The second kappa shape index (κ2) is 9.32. The lowest BCUT2D eigenvalue weighted by atomic mass is 10.3. The van der Waals surface area contributed by atoms with Crippen LogP contribution in [0.1, 0.15) is 6.42 Å². The van der Waals surface area contributed by atoms with Crippen LogP contribution >= 0.6 is 39.3 Å². The third kappa shape index (κ3) is 6.35. The molecule has 0 fully saturated rings. The number of thioether (sulfide) groups is 1. The van der Waals surface area contributed by atoms with Gasteiger partial charge in [0.25, 0.3) is 10.0 Å². The van der Waals surface area contributed by atoms with E-state index >= 15 is 0 Å². The minimum atomic E-state index is -3.94. The van der Waals surface area contributed by atoms with Gasteiger partial charge in [0.05, 0.1) is 5.69 Å². The van der Waals surface area contributed by atoms with Gasteiger partial charge in [-0.05, 0) is 69.2 Å². The second-order valence-electron chi connectivity index (χ2n) is 5.90. The molecule has 5 nitrogen and oxygen atoms in total. The molecule has 0 aromatic heterocycles. The maximum atomic E-state index is 12.6. The molecule has 2 rings (SSSR count). The molecule has 142 valence electrons. The Balaban J connectivity index is 2.17. The smallest absolute Gasteiger partial charge is 0.265 e. The zero-order valence-electron chi connectivity index (χ0n) is 14.4. The van der Waals surface area contributed by atoms with Crippen molar-refractivity contribution in [1.82, 2.24) is 4.90 Å². The number of aromatic hydroxyl groups is 1. The second-order valence-corrected chi connectivity index (χ2v) is 10.1. The minimum Gasteiger partial charge on any atom is -0.507 e. The van der Waals surface area contributed by atoms with Crippen molar-refractivity contribution in [3.8, 4) is 5.75 Å². The Kier molecular flexibility index (Phi) is 7.66. The van der Waals surface area contributed by atoms with Gasteiger partial charge in [-0.15, -0.1) is 11.8 Å². The number of phenolic OH excluding ortho intramolecular Hbond substituents is 1. The first-order valence-electron chi connectivity index (χ1n) is 7.77. The topological polar surface area (TPSA) is 69.6 Å². The van der Waals surface area contributed by atoms with Crippen molar-refractivity contribution >= 4 is 55.0 Å². The van der Waals surface area contributed by atoms with Gasteiger partial charge in [0.1, 0.15) is 10.6 Å². The number of rotatable bonds is 8. The SMILES string of the molecule is CN(C)CCCSc1cc(Cl)cc(NS(=O)(=O)c2cc(Br)ccc2O)c1. The average Bonchev–Trinajstić information content (AvgIpc) is 2.52.